The van der Waals surface area contributed by atoms with Crippen molar-refractivity contribution >= 4 is 28.1 Å². The summed E-state index contributed by atoms with van der Waals surface area (Å²) in [6.07, 6.45) is 4.49. The van der Waals surface area contributed by atoms with E-state index in [1.54, 1.807) is 6.20 Å². The molecule has 15 heavy (non-hydrogen) atoms. The van der Waals surface area contributed by atoms with Crippen molar-refractivity contribution in [1.29, 1.82) is 0 Å². The molecule has 0 radical (unpaired) electrons. The van der Waals surface area contributed by atoms with Crippen molar-refractivity contribution < 1.29 is 0 Å². The first-order valence-corrected chi connectivity index (χ1v) is 5.27. The number of thiazole rings is 1. The molecule has 2 rings (SSSR count). The van der Waals surface area contributed by atoms with Gasteiger partial charge in [-0.3, -0.25) is 4.57 Å². The van der Waals surface area contributed by atoms with E-state index in [-0.39, 0.29) is 5.69 Å². The van der Waals surface area contributed by atoms with Gasteiger partial charge in [-0.2, -0.15) is 0 Å². The Morgan fingerprint density at radius 1 is 1.47 bits per heavy atom. The fourth-order valence-electron chi connectivity index (χ4n) is 1.11. The zero-order valence-corrected chi connectivity index (χ0v) is 9.13. The molecular formula is C8H7ClN4OS. The maximum absolute atomic E-state index is 11.3. The summed E-state index contributed by atoms with van der Waals surface area (Å²) in [5.41, 5.74) is 5.14. The zero-order chi connectivity index (χ0) is 10.8. The summed E-state index contributed by atoms with van der Waals surface area (Å²) >= 11 is 7.06. The van der Waals surface area contributed by atoms with E-state index in [4.69, 9.17) is 17.3 Å². The molecule has 0 amide bonds. The molecule has 0 aliphatic carbocycles. The average molecular weight is 243 g/mol. The largest absolute Gasteiger partial charge is 0.375 e. The molecule has 0 bridgehead atoms. The van der Waals surface area contributed by atoms with Gasteiger partial charge in [0.15, 0.2) is 5.13 Å². The van der Waals surface area contributed by atoms with Gasteiger partial charge < -0.3 is 5.73 Å². The van der Waals surface area contributed by atoms with Crippen molar-refractivity contribution in [2.24, 2.45) is 0 Å². The van der Waals surface area contributed by atoms with Crippen LogP contribution in [0, 0.1) is 0 Å². The molecule has 7 heteroatoms. The summed E-state index contributed by atoms with van der Waals surface area (Å²) in [5, 5.41) is 0.903. The first-order valence-electron chi connectivity index (χ1n) is 4.07. The van der Waals surface area contributed by atoms with E-state index in [0.717, 1.165) is 4.88 Å². The van der Waals surface area contributed by atoms with Crippen LogP contribution < -0.4 is 11.4 Å². The Bertz CT molecular complexity index is 535. The molecule has 0 unspecified atom stereocenters. The molecule has 0 spiro atoms. The standard InChI is InChI=1S/C8H7ClN4OS/c9-5-1-12-8(14)13(3-5)4-6-2-11-7(10)15-6/h1-3H,4H2,(H2,10,11). The Hall–Kier alpha value is -1.40. The minimum Gasteiger partial charge on any atom is -0.375 e. The van der Waals surface area contributed by atoms with Crippen LogP contribution in [0.3, 0.4) is 0 Å². The van der Waals surface area contributed by atoms with E-state index in [9.17, 15) is 4.79 Å². The topological polar surface area (TPSA) is 73.8 Å². The van der Waals surface area contributed by atoms with Crippen LogP contribution >= 0.6 is 22.9 Å². The predicted molar refractivity (Wildman–Crippen MR) is 59.1 cm³/mol. The van der Waals surface area contributed by atoms with Crippen LogP contribution in [0.15, 0.2) is 23.4 Å². The van der Waals surface area contributed by atoms with Gasteiger partial charge in [0.1, 0.15) is 0 Å². The third kappa shape index (κ3) is 2.34. The highest BCUT2D eigenvalue weighted by Gasteiger charge is 2.03. The van der Waals surface area contributed by atoms with Crippen molar-refractivity contribution in [3.63, 3.8) is 0 Å². The smallest absolute Gasteiger partial charge is 0.347 e. The molecule has 2 heterocycles. The van der Waals surface area contributed by atoms with Gasteiger partial charge in [-0.15, -0.1) is 11.3 Å². The highest BCUT2D eigenvalue weighted by atomic mass is 35.5. The minimum absolute atomic E-state index is 0.341. The molecule has 0 aliphatic rings. The summed E-state index contributed by atoms with van der Waals surface area (Å²) in [6, 6.07) is 0. The quantitative estimate of drug-likeness (QED) is 0.852. The normalized spacial score (nSPS) is 10.5. The summed E-state index contributed by atoms with van der Waals surface area (Å²) < 4.78 is 1.41. The van der Waals surface area contributed by atoms with Crippen molar-refractivity contribution in [1.82, 2.24) is 14.5 Å². The van der Waals surface area contributed by atoms with Crippen LogP contribution in [0.1, 0.15) is 4.88 Å². The number of nitrogens with two attached hydrogens (primary N) is 1. The van der Waals surface area contributed by atoms with Crippen molar-refractivity contribution in [3.05, 3.63) is 39.0 Å². The molecule has 2 N–H and O–H groups in total. The first kappa shape index (κ1) is 10.1. The molecule has 5 nitrogen and oxygen atoms in total. The maximum Gasteiger partial charge on any atom is 0.347 e. The lowest BCUT2D eigenvalue weighted by Gasteiger charge is -2.01. The van der Waals surface area contributed by atoms with E-state index < -0.39 is 0 Å². The van der Waals surface area contributed by atoms with Crippen LogP contribution in [0.5, 0.6) is 0 Å². The fraction of sp³-hybridized carbons (Fsp3) is 0.125. The number of halogens is 1. The van der Waals surface area contributed by atoms with E-state index in [1.165, 1.54) is 28.3 Å². The monoisotopic (exact) mass is 242 g/mol. The van der Waals surface area contributed by atoms with Gasteiger partial charge in [0.05, 0.1) is 17.8 Å². The third-order valence-corrected chi connectivity index (χ3v) is 2.73. The Balaban J connectivity index is 2.31. The summed E-state index contributed by atoms with van der Waals surface area (Å²) in [6.45, 7) is 0.390. The van der Waals surface area contributed by atoms with Gasteiger partial charge in [0, 0.05) is 17.3 Å². The Morgan fingerprint density at radius 2 is 2.27 bits per heavy atom. The number of hydrogen-bond acceptors (Lipinski definition) is 5. The molecule has 0 saturated carbocycles. The summed E-state index contributed by atoms with van der Waals surface area (Å²) in [7, 11) is 0. The molecule has 0 atom stereocenters. The average Bonchev–Trinajstić information content (AvgIpc) is 2.58. The van der Waals surface area contributed by atoms with E-state index in [2.05, 4.69) is 9.97 Å². The SMILES string of the molecule is Nc1ncc(Cn2cc(Cl)cnc2=O)s1. The molecule has 0 aromatic carbocycles. The Labute approximate surface area is 94.2 Å². The van der Waals surface area contributed by atoms with E-state index in [1.807, 2.05) is 0 Å². The second kappa shape index (κ2) is 4.00. The second-order valence-corrected chi connectivity index (χ2v) is 4.43. The van der Waals surface area contributed by atoms with Crippen LogP contribution in [0.2, 0.25) is 5.02 Å². The fourth-order valence-corrected chi connectivity index (χ4v) is 1.96. The molecule has 2 aromatic rings. The molecule has 0 fully saturated rings. The van der Waals surface area contributed by atoms with Crippen LogP contribution in [-0.4, -0.2) is 14.5 Å². The highest BCUT2D eigenvalue weighted by molar-refractivity contribution is 7.15. The number of nitrogens with zero attached hydrogens (tertiary/aromatic N) is 3. The van der Waals surface area contributed by atoms with Crippen molar-refractivity contribution in [3.8, 4) is 0 Å². The number of hydrogen-bond donors (Lipinski definition) is 1. The number of rotatable bonds is 2. The lowest BCUT2D eigenvalue weighted by Crippen LogP contribution is -2.21. The zero-order valence-electron chi connectivity index (χ0n) is 7.55. The van der Waals surface area contributed by atoms with Gasteiger partial charge in [-0.05, 0) is 0 Å². The molecule has 0 aliphatic heterocycles. The van der Waals surface area contributed by atoms with Crippen molar-refractivity contribution in [2.45, 2.75) is 6.54 Å². The molecule has 78 valence electrons. The van der Waals surface area contributed by atoms with Crippen LogP contribution in [-0.2, 0) is 6.54 Å². The van der Waals surface area contributed by atoms with Gasteiger partial charge in [-0.25, -0.2) is 14.8 Å². The third-order valence-electron chi connectivity index (χ3n) is 1.72. The predicted octanol–water partition coefficient (Wildman–Crippen LogP) is 0.984. The molecule has 0 saturated heterocycles. The van der Waals surface area contributed by atoms with Crippen LogP contribution in [0.4, 0.5) is 5.13 Å². The lowest BCUT2D eigenvalue weighted by molar-refractivity contribution is 0.734. The number of nitrogen functional groups attached to an aromatic ring is 1. The maximum atomic E-state index is 11.3. The van der Waals surface area contributed by atoms with Gasteiger partial charge in [0.25, 0.3) is 0 Å². The van der Waals surface area contributed by atoms with Gasteiger partial charge >= 0.3 is 5.69 Å². The molecule has 2 aromatic heterocycles. The highest BCUT2D eigenvalue weighted by Crippen LogP contribution is 2.15. The lowest BCUT2D eigenvalue weighted by atomic mass is 10.5. The number of aromatic nitrogens is 3. The first-order chi connectivity index (χ1) is 7.15. The summed E-state index contributed by atoms with van der Waals surface area (Å²) in [5.74, 6) is 0. The van der Waals surface area contributed by atoms with E-state index >= 15 is 0 Å². The van der Waals surface area contributed by atoms with Gasteiger partial charge in [-0.1, -0.05) is 11.6 Å². The summed E-state index contributed by atoms with van der Waals surface area (Å²) in [4.78, 5) is 19.7. The number of anilines is 1. The second-order valence-electron chi connectivity index (χ2n) is 2.85. The Morgan fingerprint density at radius 3 is 2.93 bits per heavy atom. The van der Waals surface area contributed by atoms with Gasteiger partial charge in [0.2, 0.25) is 0 Å². The van der Waals surface area contributed by atoms with E-state index in [0.29, 0.717) is 16.7 Å². The molecular weight excluding hydrogens is 236 g/mol. The Kier molecular flexibility index (Phi) is 2.70. The van der Waals surface area contributed by atoms with Crippen molar-refractivity contribution in [2.75, 3.05) is 5.73 Å². The minimum atomic E-state index is -0.341. The van der Waals surface area contributed by atoms with Crippen LogP contribution in [0.25, 0.3) is 0 Å².